The summed E-state index contributed by atoms with van der Waals surface area (Å²) in [6.07, 6.45) is 13.8. The Hall–Kier alpha value is -1.70. The van der Waals surface area contributed by atoms with Crippen molar-refractivity contribution in [3.63, 3.8) is 0 Å². The number of carbonyl (C=O) groups excluding carboxylic acids is 1. The van der Waals surface area contributed by atoms with Gasteiger partial charge >= 0.3 is 0 Å². The van der Waals surface area contributed by atoms with E-state index in [2.05, 4.69) is 20.8 Å². The average Bonchev–Trinajstić information content (AvgIpc) is 2.37. The lowest BCUT2D eigenvalue weighted by atomic mass is 9.72. The van der Waals surface area contributed by atoms with Gasteiger partial charge in [-0.05, 0) is 67.9 Å². The van der Waals surface area contributed by atoms with E-state index in [1.807, 2.05) is 6.08 Å². The van der Waals surface area contributed by atoms with Gasteiger partial charge in [0.25, 0.3) is 0 Å². The van der Waals surface area contributed by atoms with Gasteiger partial charge in [0.05, 0.1) is 0 Å². The molecule has 0 amide bonds. The first kappa shape index (κ1) is 17.4. The molecule has 0 atom stereocenters. The maximum Gasteiger partial charge on any atom is 0.143 e. The second-order valence-corrected chi connectivity index (χ2v) is 6.22. The molecule has 0 fully saturated rings. The van der Waals surface area contributed by atoms with Gasteiger partial charge in [-0.2, -0.15) is 0 Å². The van der Waals surface area contributed by atoms with Crippen LogP contribution in [-0.4, -0.2) is 6.29 Å². The third-order valence-electron chi connectivity index (χ3n) is 3.90. The smallest absolute Gasteiger partial charge is 0.143 e. The monoisotopic (exact) mass is 288 g/mol. The highest BCUT2D eigenvalue weighted by Gasteiger charge is 2.26. The van der Waals surface area contributed by atoms with Crippen molar-refractivity contribution in [3.05, 3.63) is 59.0 Å². The van der Waals surface area contributed by atoms with Crippen molar-refractivity contribution in [1.29, 1.82) is 0 Å². The van der Waals surface area contributed by atoms with Gasteiger partial charge in [-0.1, -0.05) is 37.6 Å². The molecule has 0 aromatic heterocycles. The van der Waals surface area contributed by atoms with Crippen LogP contribution in [-0.2, 0) is 4.79 Å². The molecule has 0 saturated carbocycles. The number of halogens is 1. The number of aldehydes is 1. The number of rotatable bonds is 5. The third-order valence-corrected chi connectivity index (χ3v) is 3.90. The second-order valence-electron chi connectivity index (χ2n) is 6.22. The molecule has 0 spiro atoms. The predicted octanol–water partition coefficient (Wildman–Crippen LogP) is 5.62. The van der Waals surface area contributed by atoms with Crippen molar-refractivity contribution >= 4 is 6.29 Å². The Kier molecular flexibility index (Phi) is 6.54. The van der Waals surface area contributed by atoms with Gasteiger partial charge in [-0.25, -0.2) is 4.39 Å². The van der Waals surface area contributed by atoms with Gasteiger partial charge in [-0.15, -0.1) is 0 Å². The molecule has 21 heavy (non-hydrogen) atoms. The molecular weight excluding hydrogens is 263 g/mol. The summed E-state index contributed by atoms with van der Waals surface area (Å²) in [5.74, 6) is -0.285. The third kappa shape index (κ3) is 5.66. The van der Waals surface area contributed by atoms with Crippen molar-refractivity contribution in [3.8, 4) is 0 Å². The van der Waals surface area contributed by atoms with E-state index in [4.69, 9.17) is 0 Å². The normalized spacial score (nSPS) is 20.6. The highest BCUT2D eigenvalue weighted by atomic mass is 19.1. The molecule has 1 rings (SSSR count). The number of carbonyl (C=O) groups is 1. The maximum absolute atomic E-state index is 13.8. The van der Waals surface area contributed by atoms with Gasteiger partial charge in [0.1, 0.15) is 12.1 Å². The molecule has 1 aliphatic rings. The van der Waals surface area contributed by atoms with Gasteiger partial charge < -0.3 is 0 Å². The van der Waals surface area contributed by atoms with Gasteiger partial charge in [0.2, 0.25) is 0 Å². The molecule has 2 heteroatoms. The minimum Gasteiger partial charge on any atom is -0.299 e. The SMILES string of the molecule is CC1=C(/C=C/C(F)=C\C=C\C(C)=C\C=O)C(C)(C)CCC1. The zero-order chi connectivity index (χ0) is 15.9. The van der Waals surface area contributed by atoms with E-state index in [1.54, 1.807) is 19.1 Å². The first-order valence-electron chi connectivity index (χ1n) is 7.41. The average molecular weight is 288 g/mol. The summed E-state index contributed by atoms with van der Waals surface area (Å²) in [6.45, 7) is 8.36. The number of hydrogen-bond acceptors (Lipinski definition) is 1. The standard InChI is InChI=1S/C19H25FO/c1-15(12-14-21)7-5-9-17(20)10-11-18-16(2)8-6-13-19(18,3)4/h5,7,9-12,14H,6,8,13H2,1-4H3/b7-5+,11-10+,15-12+,17-9+. The minimum absolute atomic E-state index is 0.123. The van der Waals surface area contributed by atoms with E-state index in [-0.39, 0.29) is 11.2 Å². The molecule has 0 heterocycles. The van der Waals surface area contributed by atoms with Crippen LogP contribution in [0, 0.1) is 5.41 Å². The van der Waals surface area contributed by atoms with Crippen LogP contribution in [0.1, 0.15) is 47.0 Å². The molecule has 0 unspecified atom stereocenters. The zero-order valence-electron chi connectivity index (χ0n) is 13.4. The summed E-state index contributed by atoms with van der Waals surface area (Å²) < 4.78 is 13.8. The van der Waals surface area contributed by atoms with Crippen LogP contribution in [0.4, 0.5) is 4.39 Å². The Morgan fingerprint density at radius 2 is 1.95 bits per heavy atom. The number of hydrogen-bond donors (Lipinski definition) is 0. The lowest BCUT2D eigenvalue weighted by molar-refractivity contribution is -0.104. The first-order valence-corrected chi connectivity index (χ1v) is 7.41. The molecule has 0 aliphatic heterocycles. The van der Waals surface area contributed by atoms with Crippen molar-refractivity contribution < 1.29 is 9.18 Å². The lowest BCUT2D eigenvalue weighted by Crippen LogP contribution is -2.19. The minimum atomic E-state index is -0.285. The van der Waals surface area contributed by atoms with E-state index in [0.717, 1.165) is 24.7 Å². The first-order chi connectivity index (χ1) is 9.86. The Bertz CT molecular complexity index is 528. The van der Waals surface area contributed by atoms with Crippen LogP contribution in [0.2, 0.25) is 0 Å². The van der Waals surface area contributed by atoms with E-state index >= 15 is 0 Å². The van der Waals surface area contributed by atoms with Gasteiger partial charge in [0, 0.05) is 0 Å². The van der Waals surface area contributed by atoms with E-state index in [9.17, 15) is 9.18 Å². The Labute approximate surface area is 127 Å². The van der Waals surface area contributed by atoms with E-state index in [1.165, 1.54) is 35.8 Å². The molecule has 1 nitrogen and oxygen atoms in total. The summed E-state index contributed by atoms with van der Waals surface area (Å²) in [5, 5.41) is 0. The summed E-state index contributed by atoms with van der Waals surface area (Å²) in [6, 6.07) is 0. The summed E-state index contributed by atoms with van der Waals surface area (Å²) >= 11 is 0. The Morgan fingerprint density at radius 3 is 2.57 bits per heavy atom. The fraction of sp³-hybridized carbons (Fsp3) is 0.421. The van der Waals surface area contributed by atoms with E-state index in [0.29, 0.717) is 0 Å². The summed E-state index contributed by atoms with van der Waals surface area (Å²) in [5.41, 5.74) is 3.53. The molecule has 0 aromatic carbocycles. The fourth-order valence-corrected chi connectivity index (χ4v) is 2.68. The van der Waals surface area contributed by atoms with Gasteiger partial charge in [0.15, 0.2) is 0 Å². The largest absolute Gasteiger partial charge is 0.299 e. The highest BCUT2D eigenvalue weighted by Crippen LogP contribution is 2.40. The van der Waals surface area contributed by atoms with Crippen LogP contribution in [0.5, 0.6) is 0 Å². The molecule has 114 valence electrons. The number of allylic oxidation sites excluding steroid dienone is 10. The van der Waals surface area contributed by atoms with Crippen molar-refractivity contribution in [2.45, 2.75) is 47.0 Å². The lowest BCUT2D eigenvalue weighted by Gasteiger charge is -2.32. The summed E-state index contributed by atoms with van der Waals surface area (Å²) in [4.78, 5) is 10.3. The molecule has 0 N–H and O–H groups in total. The Balaban J connectivity index is 2.80. The van der Waals surface area contributed by atoms with Gasteiger partial charge in [-0.3, -0.25) is 4.79 Å². The van der Waals surface area contributed by atoms with Crippen molar-refractivity contribution in [2.24, 2.45) is 5.41 Å². The quantitative estimate of drug-likeness (QED) is 0.364. The van der Waals surface area contributed by atoms with Crippen LogP contribution >= 0.6 is 0 Å². The Morgan fingerprint density at radius 1 is 1.24 bits per heavy atom. The van der Waals surface area contributed by atoms with Crippen molar-refractivity contribution in [1.82, 2.24) is 0 Å². The molecular formula is C19H25FO. The maximum atomic E-state index is 13.8. The molecule has 0 aromatic rings. The highest BCUT2D eigenvalue weighted by molar-refractivity contribution is 5.66. The zero-order valence-corrected chi connectivity index (χ0v) is 13.4. The van der Waals surface area contributed by atoms with Crippen LogP contribution in [0.25, 0.3) is 0 Å². The predicted molar refractivity (Wildman–Crippen MR) is 87.6 cm³/mol. The van der Waals surface area contributed by atoms with E-state index < -0.39 is 0 Å². The molecule has 0 saturated heterocycles. The fourth-order valence-electron chi connectivity index (χ4n) is 2.68. The molecule has 1 aliphatic carbocycles. The molecule has 0 bridgehead atoms. The summed E-state index contributed by atoms with van der Waals surface area (Å²) in [7, 11) is 0. The van der Waals surface area contributed by atoms with Crippen LogP contribution in [0.15, 0.2) is 59.0 Å². The van der Waals surface area contributed by atoms with Crippen LogP contribution in [0.3, 0.4) is 0 Å². The second kappa shape index (κ2) is 7.92. The molecule has 0 radical (unpaired) electrons. The van der Waals surface area contributed by atoms with Crippen LogP contribution < -0.4 is 0 Å². The van der Waals surface area contributed by atoms with Crippen molar-refractivity contribution in [2.75, 3.05) is 0 Å². The topological polar surface area (TPSA) is 17.1 Å².